The predicted octanol–water partition coefficient (Wildman–Crippen LogP) is 1.46. The Labute approximate surface area is 88.0 Å². The topological polar surface area (TPSA) is 55.4 Å². The van der Waals surface area contributed by atoms with Crippen LogP contribution in [0.15, 0.2) is 0 Å². The van der Waals surface area contributed by atoms with E-state index in [0.717, 1.165) is 32.1 Å². The molecule has 0 saturated carbocycles. The Hall–Kier alpha value is -0.240. The van der Waals surface area contributed by atoms with Crippen LogP contribution in [0.3, 0.4) is 0 Å². The lowest BCUT2D eigenvalue weighted by Crippen LogP contribution is -2.24. The average Bonchev–Trinajstić information content (AvgIpc) is 2.32. The molecule has 15 heavy (non-hydrogen) atoms. The Bertz CT molecular complexity index is 146. The summed E-state index contributed by atoms with van der Waals surface area (Å²) in [4.78, 5) is 19.1. The standard InChI is InChI=1S/C9H16O6/c1(2-8-4-6-10-14-12-8)3-9-5-7-11-15-13-9/h8-9H,1-7H2. The maximum atomic E-state index is 4.95. The van der Waals surface area contributed by atoms with E-state index < -0.39 is 0 Å². The van der Waals surface area contributed by atoms with Gasteiger partial charge in [0.2, 0.25) is 0 Å². The third-order valence-corrected chi connectivity index (χ3v) is 2.55. The van der Waals surface area contributed by atoms with Gasteiger partial charge < -0.3 is 0 Å². The van der Waals surface area contributed by atoms with Gasteiger partial charge in [0, 0.05) is 12.8 Å². The first-order chi connectivity index (χ1) is 7.45. The van der Waals surface area contributed by atoms with Gasteiger partial charge >= 0.3 is 0 Å². The van der Waals surface area contributed by atoms with Gasteiger partial charge in [-0.2, -0.15) is 0 Å². The molecular formula is C9H16O6. The number of hydrogen-bond acceptors (Lipinski definition) is 6. The van der Waals surface area contributed by atoms with Crippen LogP contribution in [-0.4, -0.2) is 25.4 Å². The van der Waals surface area contributed by atoms with Crippen molar-refractivity contribution in [3.63, 3.8) is 0 Å². The third-order valence-electron chi connectivity index (χ3n) is 2.55. The van der Waals surface area contributed by atoms with Gasteiger partial charge in [-0.05, 0) is 19.3 Å². The Kier molecular flexibility index (Phi) is 4.78. The van der Waals surface area contributed by atoms with Crippen LogP contribution in [0.5, 0.6) is 0 Å². The predicted molar refractivity (Wildman–Crippen MR) is 46.9 cm³/mol. The van der Waals surface area contributed by atoms with Crippen molar-refractivity contribution in [1.29, 1.82) is 0 Å². The molecule has 0 aliphatic carbocycles. The second-order valence-electron chi connectivity index (χ2n) is 3.72. The van der Waals surface area contributed by atoms with Crippen molar-refractivity contribution >= 4 is 0 Å². The Morgan fingerprint density at radius 1 is 0.800 bits per heavy atom. The highest BCUT2D eigenvalue weighted by atomic mass is 17.5. The second kappa shape index (κ2) is 6.37. The van der Waals surface area contributed by atoms with Crippen molar-refractivity contribution in [2.24, 2.45) is 0 Å². The largest absolute Gasteiger partial charge is 0.206 e. The smallest absolute Gasteiger partial charge is 0.0984 e. The van der Waals surface area contributed by atoms with E-state index in [4.69, 9.17) is 9.78 Å². The summed E-state index contributed by atoms with van der Waals surface area (Å²) in [5, 5.41) is 8.90. The van der Waals surface area contributed by atoms with E-state index in [9.17, 15) is 0 Å². The van der Waals surface area contributed by atoms with Gasteiger partial charge in [-0.1, -0.05) is 10.1 Å². The molecule has 2 heterocycles. The SMILES string of the molecule is C(CC1CCOOO1)CC1CCOOO1. The normalized spacial score (nSPS) is 32.8. The summed E-state index contributed by atoms with van der Waals surface area (Å²) in [6.07, 6.45) is 4.95. The van der Waals surface area contributed by atoms with Gasteiger partial charge in [0.1, 0.15) is 0 Å². The molecule has 2 saturated heterocycles. The van der Waals surface area contributed by atoms with Crippen molar-refractivity contribution < 1.29 is 29.6 Å². The first-order valence-corrected chi connectivity index (χ1v) is 5.35. The Balaban J connectivity index is 1.53. The molecule has 0 bridgehead atoms. The maximum absolute atomic E-state index is 4.95. The van der Waals surface area contributed by atoms with Crippen LogP contribution in [-0.2, 0) is 29.6 Å². The highest BCUT2D eigenvalue weighted by molar-refractivity contribution is 4.62. The molecule has 2 fully saturated rings. The minimum absolute atomic E-state index is 0.138. The molecule has 0 aromatic carbocycles. The van der Waals surface area contributed by atoms with Crippen molar-refractivity contribution in [3.05, 3.63) is 0 Å². The molecule has 2 aliphatic heterocycles. The van der Waals surface area contributed by atoms with Crippen molar-refractivity contribution in [2.75, 3.05) is 13.2 Å². The summed E-state index contributed by atoms with van der Waals surface area (Å²) >= 11 is 0. The van der Waals surface area contributed by atoms with E-state index >= 15 is 0 Å². The summed E-state index contributed by atoms with van der Waals surface area (Å²) in [7, 11) is 0. The molecule has 0 radical (unpaired) electrons. The minimum Gasteiger partial charge on any atom is -0.206 e. The monoisotopic (exact) mass is 220 g/mol. The second-order valence-corrected chi connectivity index (χ2v) is 3.72. The molecule has 2 rings (SSSR count). The number of rotatable bonds is 4. The van der Waals surface area contributed by atoms with Gasteiger partial charge in [-0.3, -0.25) is 0 Å². The molecule has 0 amide bonds. The van der Waals surface area contributed by atoms with E-state index in [1.165, 1.54) is 0 Å². The Morgan fingerprint density at radius 2 is 1.33 bits per heavy atom. The van der Waals surface area contributed by atoms with Crippen LogP contribution < -0.4 is 0 Å². The minimum atomic E-state index is 0.138. The quantitative estimate of drug-likeness (QED) is 0.668. The highest BCUT2D eigenvalue weighted by Gasteiger charge is 2.19. The van der Waals surface area contributed by atoms with Crippen LogP contribution >= 0.6 is 0 Å². The van der Waals surface area contributed by atoms with E-state index in [0.29, 0.717) is 13.2 Å². The van der Waals surface area contributed by atoms with Crippen LogP contribution in [0, 0.1) is 0 Å². The van der Waals surface area contributed by atoms with Gasteiger partial charge in [-0.25, -0.2) is 19.6 Å². The van der Waals surface area contributed by atoms with Crippen LogP contribution in [0.1, 0.15) is 32.1 Å². The fraction of sp³-hybridized carbons (Fsp3) is 1.00. The summed E-state index contributed by atoms with van der Waals surface area (Å²) in [6.45, 7) is 1.20. The lowest BCUT2D eigenvalue weighted by molar-refractivity contribution is -0.551. The lowest BCUT2D eigenvalue weighted by Gasteiger charge is -2.22. The molecular weight excluding hydrogens is 204 g/mol. The zero-order valence-electron chi connectivity index (χ0n) is 8.55. The fourth-order valence-corrected chi connectivity index (χ4v) is 1.65. The molecule has 2 atom stereocenters. The molecule has 6 nitrogen and oxygen atoms in total. The zero-order valence-corrected chi connectivity index (χ0v) is 8.55. The van der Waals surface area contributed by atoms with Gasteiger partial charge in [0.15, 0.2) is 0 Å². The lowest BCUT2D eigenvalue weighted by atomic mass is 10.1. The van der Waals surface area contributed by atoms with Crippen LogP contribution in [0.2, 0.25) is 0 Å². The first-order valence-electron chi connectivity index (χ1n) is 5.35. The molecule has 6 heteroatoms. The Morgan fingerprint density at radius 3 is 1.73 bits per heavy atom. The van der Waals surface area contributed by atoms with Crippen molar-refractivity contribution in [3.8, 4) is 0 Å². The molecule has 0 N–H and O–H groups in total. The van der Waals surface area contributed by atoms with Gasteiger partial charge in [-0.15, -0.1) is 0 Å². The van der Waals surface area contributed by atoms with Crippen LogP contribution in [0.4, 0.5) is 0 Å². The summed E-state index contributed by atoms with van der Waals surface area (Å²) in [5.41, 5.74) is 0. The third kappa shape index (κ3) is 4.02. The van der Waals surface area contributed by atoms with Crippen LogP contribution in [0.25, 0.3) is 0 Å². The van der Waals surface area contributed by atoms with Crippen molar-refractivity contribution in [1.82, 2.24) is 0 Å². The first kappa shape index (κ1) is 11.3. The summed E-state index contributed by atoms with van der Waals surface area (Å²) < 4.78 is 0. The molecule has 0 aromatic heterocycles. The zero-order chi connectivity index (χ0) is 10.3. The maximum Gasteiger partial charge on any atom is 0.0984 e. The molecule has 2 unspecified atom stereocenters. The van der Waals surface area contributed by atoms with E-state index in [-0.39, 0.29) is 12.2 Å². The molecule has 88 valence electrons. The van der Waals surface area contributed by atoms with Gasteiger partial charge in [0.05, 0.1) is 25.4 Å². The van der Waals surface area contributed by atoms with Gasteiger partial charge in [0.25, 0.3) is 0 Å². The van der Waals surface area contributed by atoms with E-state index in [1.54, 1.807) is 0 Å². The highest BCUT2D eigenvalue weighted by Crippen LogP contribution is 2.18. The fourth-order valence-electron chi connectivity index (χ4n) is 1.65. The summed E-state index contributed by atoms with van der Waals surface area (Å²) in [6, 6.07) is 0. The molecule has 0 aromatic rings. The van der Waals surface area contributed by atoms with E-state index in [1.807, 2.05) is 0 Å². The molecule has 0 spiro atoms. The molecule has 2 aliphatic rings. The van der Waals surface area contributed by atoms with Crippen molar-refractivity contribution in [2.45, 2.75) is 44.3 Å². The summed E-state index contributed by atoms with van der Waals surface area (Å²) in [5.74, 6) is 0. The van der Waals surface area contributed by atoms with E-state index in [2.05, 4.69) is 19.9 Å². The average molecular weight is 220 g/mol. The number of hydrogen-bond donors (Lipinski definition) is 0.